The molecule has 39 heavy (non-hydrogen) atoms. The smallest absolute Gasteiger partial charge is 0.240 e. The molecule has 9 heteroatoms. The van der Waals surface area contributed by atoms with Gasteiger partial charge >= 0.3 is 0 Å². The summed E-state index contributed by atoms with van der Waals surface area (Å²) in [7, 11) is 0. The second kappa shape index (κ2) is 10.2. The number of carbonyl (C=O) groups is 1. The molecule has 3 heterocycles. The number of hydrogen-bond donors (Lipinski definition) is 1. The Labute approximate surface area is 235 Å². The molecule has 1 saturated heterocycles. The van der Waals surface area contributed by atoms with E-state index in [1.54, 1.807) is 17.0 Å². The van der Waals surface area contributed by atoms with Crippen molar-refractivity contribution in [3.05, 3.63) is 107 Å². The third-order valence-electron chi connectivity index (χ3n) is 6.69. The van der Waals surface area contributed by atoms with E-state index in [0.717, 1.165) is 28.2 Å². The molecule has 5 aromatic rings. The molecule has 1 aliphatic heterocycles. The fourth-order valence-corrected chi connectivity index (χ4v) is 6.14. The number of amides is 1. The van der Waals surface area contributed by atoms with Gasteiger partial charge in [0.2, 0.25) is 11.9 Å². The van der Waals surface area contributed by atoms with Gasteiger partial charge < -0.3 is 5.11 Å². The van der Waals surface area contributed by atoms with E-state index in [0.29, 0.717) is 22.0 Å². The summed E-state index contributed by atoms with van der Waals surface area (Å²) >= 11 is 7.60. The molecule has 1 atom stereocenters. The van der Waals surface area contributed by atoms with Crippen molar-refractivity contribution in [2.24, 2.45) is 0 Å². The van der Waals surface area contributed by atoms with Gasteiger partial charge in [0.25, 0.3) is 0 Å². The van der Waals surface area contributed by atoms with Crippen molar-refractivity contribution in [1.82, 2.24) is 19.7 Å². The number of para-hydroxylation sites is 2. The summed E-state index contributed by atoms with van der Waals surface area (Å²) in [5.41, 5.74) is 6.33. The van der Waals surface area contributed by atoms with Gasteiger partial charge in [-0.1, -0.05) is 60.1 Å². The number of halogens is 1. The van der Waals surface area contributed by atoms with Crippen molar-refractivity contribution in [3.8, 4) is 34.0 Å². The first-order valence-corrected chi connectivity index (χ1v) is 13.8. The van der Waals surface area contributed by atoms with Crippen LogP contribution >= 0.6 is 23.4 Å². The standard InChI is InChI=1S/C30H24ClN5O2S/c1-18-28(19(2)36(34-18)22-8-4-3-5-9-22)25-16-24(20-12-14-21(31)15-13-20)32-30(33-25)35-27(38)17-39-29(35)23-10-6-7-11-26(23)37/h3-16,29,37H,17H2,1-2H3. The molecule has 1 N–H and O–H groups in total. The van der Waals surface area contributed by atoms with Crippen LogP contribution in [0.5, 0.6) is 5.75 Å². The van der Waals surface area contributed by atoms with Gasteiger partial charge in [-0.05, 0) is 50.2 Å². The number of thioether (sulfide) groups is 1. The molecular weight excluding hydrogens is 530 g/mol. The predicted molar refractivity (Wildman–Crippen MR) is 155 cm³/mol. The zero-order valence-electron chi connectivity index (χ0n) is 21.2. The Morgan fingerprint density at radius 3 is 2.36 bits per heavy atom. The second-order valence-corrected chi connectivity index (χ2v) is 10.7. The largest absolute Gasteiger partial charge is 0.508 e. The van der Waals surface area contributed by atoms with Crippen LogP contribution in [-0.4, -0.2) is 36.5 Å². The van der Waals surface area contributed by atoms with Crippen LogP contribution in [0, 0.1) is 13.8 Å². The summed E-state index contributed by atoms with van der Waals surface area (Å²) in [5, 5.41) is 15.6. The van der Waals surface area contributed by atoms with Gasteiger partial charge in [-0.3, -0.25) is 9.69 Å². The molecule has 0 spiro atoms. The first-order valence-electron chi connectivity index (χ1n) is 12.4. The van der Waals surface area contributed by atoms with Crippen LogP contribution in [0.1, 0.15) is 22.3 Å². The van der Waals surface area contributed by atoms with Crippen LogP contribution in [-0.2, 0) is 4.79 Å². The van der Waals surface area contributed by atoms with Gasteiger partial charge in [-0.15, -0.1) is 11.8 Å². The van der Waals surface area contributed by atoms with E-state index in [-0.39, 0.29) is 23.4 Å². The molecular formula is C30H24ClN5O2S. The molecule has 2 aromatic heterocycles. The lowest BCUT2D eigenvalue weighted by Gasteiger charge is -2.24. The number of anilines is 1. The number of phenols is 1. The zero-order chi connectivity index (χ0) is 27.1. The molecule has 194 valence electrons. The molecule has 0 bridgehead atoms. The zero-order valence-corrected chi connectivity index (χ0v) is 22.8. The Bertz CT molecular complexity index is 1690. The fraction of sp³-hybridized carbons (Fsp3) is 0.133. The number of benzene rings is 3. The van der Waals surface area contributed by atoms with Crippen molar-refractivity contribution in [3.63, 3.8) is 0 Å². The number of rotatable bonds is 5. The minimum atomic E-state index is -0.457. The number of phenolic OH excluding ortho intramolecular Hbond substituents is 1. The van der Waals surface area contributed by atoms with Crippen LogP contribution in [0.15, 0.2) is 84.9 Å². The van der Waals surface area contributed by atoms with Gasteiger partial charge in [0.15, 0.2) is 0 Å². The van der Waals surface area contributed by atoms with Crippen LogP contribution in [0.4, 0.5) is 5.95 Å². The summed E-state index contributed by atoms with van der Waals surface area (Å²) in [5.74, 6) is 0.528. The molecule has 6 rings (SSSR count). The first kappa shape index (κ1) is 25.2. The molecule has 1 amide bonds. The van der Waals surface area contributed by atoms with Crippen LogP contribution in [0.25, 0.3) is 28.2 Å². The summed E-state index contributed by atoms with van der Waals surface area (Å²) in [6.45, 7) is 3.96. The summed E-state index contributed by atoms with van der Waals surface area (Å²) in [6, 6.07) is 26.3. The lowest BCUT2D eigenvalue weighted by Crippen LogP contribution is -2.30. The van der Waals surface area contributed by atoms with E-state index < -0.39 is 5.37 Å². The molecule has 1 aliphatic rings. The Hall–Kier alpha value is -4.14. The predicted octanol–water partition coefficient (Wildman–Crippen LogP) is 6.75. The molecule has 1 unspecified atom stereocenters. The highest BCUT2D eigenvalue weighted by molar-refractivity contribution is 8.00. The number of hydrogen-bond acceptors (Lipinski definition) is 6. The maximum Gasteiger partial charge on any atom is 0.240 e. The molecule has 0 radical (unpaired) electrons. The minimum absolute atomic E-state index is 0.124. The highest BCUT2D eigenvalue weighted by Gasteiger charge is 2.37. The van der Waals surface area contributed by atoms with E-state index in [9.17, 15) is 9.90 Å². The van der Waals surface area contributed by atoms with Gasteiger partial charge in [0, 0.05) is 21.7 Å². The Morgan fingerprint density at radius 1 is 0.923 bits per heavy atom. The quantitative estimate of drug-likeness (QED) is 0.259. The van der Waals surface area contributed by atoms with Crippen LogP contribution < -0.4 is 4.90 Å². The van der Waals surface area contributed by atoms with E-state index in [1.807, 2.05) is 91.3 Å². The molecule has 0 saturated carbocycles. The number of aromatic hydroxyl groups is 1. The molecule has 7 nitrogen and oxygen atoms in total. The van der Waals surface area contributed by atoms with Crippen molar-refractivity contribution in [2.45, 2.75) is 19.2 Å². The maximum atomic E-state index is 13.2. The highest BCUT2D eigenvalue weighted by Crippen LogP contribution is 2.44. The molecule has 0 aliphatic carbocycles. The topological polar surface area (TPSA) is 84.1 Å². The summed E-state index contributed by atoms with van der Waals surface area (Å²) < 4.78 is 1.90. The van der Waals surface area contributed by atoms with Gasteiger partial charge in [-0.25, -0.2) is 14.6 Å². The van der Waals surface area contributed by atoms with E-state index in [4.69, 9.17) is 26.7 Å². The lowest BCUT2D eigenvalue weighted by atomic mass is 10.1. The monoisotopic (exact) mass is 553 g/mol. The minimum Gasteiger partial charge on any atom is -0.508 e. The third kappa shape index (κ3) is 4.66. The Morgan fingerprint density at radius 2 is 1.62 bits per heavy atom. The number of aromatic nitrogens is 4. The normalized spacial score (nSPS) is 15.2. The maximum absolute atomic E-state index is 13.2. The summed E-state index contributed by atoms with van der Waals surface area (Å²) in [4.78, 5) is 24.6. The lowest BCUT2D eigenvalue weighted by molar-refractivity contribution is -0.115. The van der Waals surface area contributed by atoms with E-state index >= 15 is 0 Å². The number of aryl methyl sites for hydroxylation is 1. The van der Waals surface area contributed by atoms with Crippen molar-refractivity contribution in [2.75, 3.05) is 10.7 Å². The highest BCUT2D eigenvalue weighted by atomic mass is 35.5. The average Bonchev–Trinajstić information content (AvgIpc) is 3.48. The Balaban J connectivity index is 1.54. The number of nitrogens with zero attached hydrogens (tertiary/aromatic N) is 5. The van der Waals surface area contributed by atoms with Gasteiger partial charge in [0.05, 0.1) is 34.2 Å². The second-order valence-electron chi connectivity index (χ2n) is 9.22. The fourth-order valence-electron chi connectivity index (χ4n) is 4.84. The van der Waals surface area contributed by atoms with Crippen molar-refractivity contribution < 1.29 is 9.90 Å². The average molecular weight is 554 g/mol. The SMILES string of the molecule is Cc1nn(-c2ccccc2)c(C)c1-c1cc(-c2ccc(Cl)cc2)nc(N2C(=O)CSC2c2ccccc2O)n1. The van der Waals surface area contributed by atoms with Crippen molar-refractivity contribution in [1.29, 1.82) is 0 Å². The molecule has 1 fully saturated rings. The van der Waals surface area contributed by atoms with Crippen LogP contribution in [0.2, 0.25) is 5.02 Å². The van der Waals surface area contributed by atoms with Gasteiger partial charge in [-0.2, -0.15) is 5.10 Å². The van der Waals surface area contributed by atoms with E-state index in [1.165, 1.54) is 11.8 Å². The number of carbonyl (C=O) groups excluding carboxylic acids is 1. The molecule has 3 aromatic carbocycles. The van der Waals surface area contributed by atoms with Crippen LogP contribution in [0.3, 0.4) is 0 Å². The van der Waals surface area contributed by atoms with E-state index in [2.05, 4.69) is 0 Å². The Kier molecular flexibility index (Phi) is 6.58. The van der Waals surface area contributed by atoms with Gasteiger partial charge in [0.1, 0.15) is 11.1 Å². The summed E-state index contributed by atoms with van der Waals surface area (Å²) in [6.07, 6.45) is 0. The van der Waals surface area contributed by atoms with Crippen molar-refractivity contribution >= 4 is 35.2 Å². The first-order chi connectivity index (χ1) is 18.9. The third-order valence-corrected chi connectivity index (χ3v) is 8.13.